The molecule has 2 aromatic rings. The normalized spacial score (nSPS) is 20.6. The van der Waals surface area contributed by atoms with Crippen molar-refractivity contribution in [3.8, 4) is 0 Å². The van der Waals surface area contributed by atoms with Gasteiger partial charge < -0.3 is 10.2 Å². The summed E-state index contributed by atoms with van der Waals surface area (Å²) in [6.07, 6.45) is 4.34. The molecule has 2 heterocycles. The number of aromatic nitrogens is 2. The van der Waals surface area contributed by atoms with Crippen LogP contribution in [-0.4, -0.2) is 40.8 Å². The third-order valence-corrected chi connectivity index (χ3v) is 3.86. The number of hydrogen-bond donors (Lipinski definition) is 1. The zero-order valence-corrected chi connectivity index (χ0v) is 11.3. The minimum absolute atomic E-state index is 0.515. The molecule has 1 fully saturated rings. The smallest absolute Gasteiger partial charge is 0.0950 e. The van der Waals surface area contributed by atoms with Gasteiger partial charge in [0.25, 0.3) is 0 Å². The fourth-order valence-corrected chi connectivity index (χ4v) is 2.80. The Morgan fingerprint density at radius 1 is 1.37 bits per heavy atom. The molecule has 0 saturated carbocycles. The van der Waals surface area contributed by atoms with Gasteiger partial charge in [-0.3, -0.25) is 0 Å². The molecule has 4 nitrogen and oxygen atoms in total. The topological polar surface area (TPSA) is 41.0 Å². The van der Waals surface area contributed by atoms with Crippen LogP contribution in [0.1, 0.15) is 19.8 Å². The van der Waals surface area contributed by atoms with Crippen LogP contribution in [0.2, 0.25) is 0 Å². The lowest BCUT2D eigenvalue weighted by Gasteiger charge is -2.32. The highest BCUT2D eigenvalue weighted by Gasteiger charge is 2.19. The lowest BCUT2D eigenvalue weighted by molar-refractivity contribution is 0.227. The number of likely N-dealkylation sites (tertiary alicyclic amines) is 1. The van der Waals surface area contributed by atoms with E-state index in [1.54, 1.807) is 0 Å². The van der Waals surface area contributed by atoms with Crippen LogP contribution in [0.3, 0.4) is 0 Å². The average Bonchev–Trinajstić information content (AvgIpc) is 2.48. The summed E-state index contributed by atoms with van der Waals surface area (Å²) in [5.41, 5.74) is 2.06. The molecule has 0 aliphatic carbocycles. The number of nitrogens with zero attached hydrogens (tertiary/aromatic N) is 3. The molecule has 3 rings (SSSR count). The molecule has 1 saturated heterocycles. The summed E-state index contributed by atoms with van der Waals surface area (Å²) in [7, 11) is 0. The molecule has 1 aromatic carbocycles. The highest BCUT2D eigenvalue weighted by atomic mass is 15.2. The SMILES string of the molecule is CCN1CCCC(Nc2cnnc3ccccc23)C1. The Kier molecular flexibility index (Phi) is 3.60. The maximum atomic E-state index is 4.17. The Balaban J connectivity index is 1.81. The van der Waals surface area contributed by atoms with E-state index in [0.29, 0.717) is 6.04 Å². The lowest BCUT2D eigenvalue weighted by atomic mass is 10.1. The van der Waals surface area contributed by atoms with Crippen molar-refractivity contribution in [2.45, 2.75) is 25.8 Å². The second kappa shape index (κ2) is 5.53. The van der Waals surface area contributed by atoms with Gasteiger partial charge in [0.2, 0.25) is 0 Å². The number of nitrogens with one attached hydrogen (secondary N) is 1. The van der Waals surface area contributed by atoms with E-state index in [1.807, 2.05) is 18.3 Å². The second-order valence-electron chi connectivity index (χ2n) is 5.15. The molecule has 4 heteroatoms. The fourth-order valence-electron chi connectivity index (χ4n) is 2.80. The van der Waals surface area contributed by atoms with Gasteiger partial charge in [0.05, 0.1) is 17.4 Å². The molecule has 1 aliphatic heterocycles. The van der Waals surface area contributed by atoms with Crippen LogP contribution >= 0.6 is 0 Å². The fraction of sp³-hybridized carbons (Fsp3) is 0.467. The molecular weight excluding hydrogens is 236 g/mol. The number of rotatable bonds is 3. The first-order valence-corrected chi connectivity index (χ1v) is 7.06. The van der Waals surface area contributed by atoms with Gasteiger partial charge in [-0.15, -0.1) is 0 Å². The molecule has 1 atom stereocenters. The van der Waals surface area contributed by atoms with Crippen LogP contribution in [-0.2, 0) is 0 Å². The van der Waals surface area contributed by atoms with E-state index < -0.39 is 0 Å². The van der Waals surface area contributed by atoms with Crippen LogP contribution in [0.5, 0.6) is 0 Å². The molecule has 1 unspecified atom stereocenters. The number of fused-ring (bicyclic) bond motifs is 1. The molecule has 0 spiro atoms. The van der Waals surface area contributed by atoms with Crippen molar-refractivity contribution < 1.29 is 0 Å². The number of piperidine rings is 1. The van der Waals surface area contributed by atoms with E-state index in [1.165, 1.54) is 19.4 Å². The Bertz CT molecular complexity index is 549. The summed E-state index contributed by atoms with van der Waals surface area (Å²) in [6, 6.07) is 8.68. The largest absolute Gasteiger partial charge is 0.379 e. The predicted octanol–water partition coefficient (Wildman–Crippen LogP) is 2.53. The van der Waals surface area contributed by atoms with Gasteiger partial charge in [-0.25, -0.2) is 0 Å². The van der Waals surface area contributed by atoms with E-state index in [9.17, 15) is 0 Å². The molecule has 19 heavy (non-hydrogen) atoms. The number of hydrogen-bond acceptors (Lipinski definition) is 4. The van der Waals surface area contributed by atoms with Crippen molar-refractivity contribution in [1.82, 2.24) is 15.1 Å². The summed E-state index contributed by atoms with van der Waals surface area (Å²) < 4.78 is 0. The highest BCUT2D eigenvalue weighted by Crippen LogP contribution is 2.22. The van der Waals surface area contributed by atoms with E-state index in [4.69, 9.17) is 0 Å². The summed E-state index contributed by atoms with van der Waals surface area (Å²) >= 11 is 0. The first kappa shape index (κ1) is 12.4. The molecule has 100 valence electrons. The van der Waals surface area contributed by atoms with Crippen molar-refractivity contribution in [2.24, 2.45) is 0 Å². The van der Waals surface area contributed by atoms with Gasteiger partial charge >= 0.3 is 0 Å². The molecule has 1 aromatic heterocycles. The molecular formula is C15H20N4. The minimum atomic E-state index is 0.515. The molecule has 0 radical (unpaired) electrons. The number of likely N-dealkylation sites (N-methyl/N-ethyl adjacent to an activating group) is 1. The summed E-state index contributed by atoms with van der Waals surface area (Å²) in [6.45, 7) is 5.70. The Morgan fingerprint density at radius 2 is 2.26 bits per heavy atom. The van der Waals surface area contributed by atoms with Gasteiger partial charge in [0.15, 0.2) is 0 Å². The maximum Gasteiger partial charge on any atom is 0.0950 e. The first-order valence-electron chi connectivity index (χ1n) is 7.06. The van der Waals surface area contributed by atoms with Gasteiger partial charge in [0, 0.05) is 18.0 Å². The van der Waals surface area contributed by atoms with Crippen molar-refractivity contribution in [2.75, 3.05) is 25.0 Å². The van der Waals surface area contributed by atoms with E-state index in [0.717, 1.165) is 29.7 Å². The second-order valence-corrected chi connectivity index (χ2v) is 5.15. The third-order valence-electron chi connectivity index (χ3n) is 3.86. The Labute approximate surface area is 113 Å². The van der Waals surface area contributed by atoms with Crippen LogP contribution < -0.4 is 5.32 Å². The number of anilines is 1. The monoisotopic (exact) mass is 256 g/mol. The van der Waals surface area contributed by atoms with Crippen molar-refractivity contribution in [3.63, 3.8) is 0 Å². The molecule has 0 bridgehead atoms. The Hall–Kier alpha value is -1.68. The highest BCUT2D eigenvalue weighted by molar-refractivity contribution is 5.90. The Morgan fingerprint density at radius 3 is 3.16 bits per heavy atom. The van der Waals surface area contributed by atoms with Crippen molar-refractivity contribution in [3.05, 3.63) is 30.5 Å². The molecule has 0 amide bonds. The van der Waals surface area contributed by atoms with Gasteiger partial charge in [-0.2, -0.15) is 10.2 Å². The quantitative estimate of drug-likeness (QED) is 0.916. The van der Waals surface area contributed by atoms with Crippen LogP contribution in [0.25, 0.3) is 10.9 Å². The standard InChI is InChI=1S/C15H20N4/c1-2-19-9-5-6-12(11-19)17-15-10-16-18-14-8-4-3-7-13(14)15/h3-4,7-8,10,12H,2,5-6,9,11H2,1H3,(H,17,18). The summed E-state index contributed by atoms with van der Waals surface area (Å²) in [5.74, 6) is 0. The van der Waals surface area contributed by atoms with E-state index >= 15 is 0 Å². The zero-order chi connectivity index (χ0) is 13.1. The van der Waals surface area contributed by atoms with Crippen molar-refractivity contribution in [1.29, 1.82) is 0 Å². The third kappa shape index (κ3) is 2.68. The number of benzene rings is 1. The minimum Gasteiger partial charge on any atom is -0.379 e. The maximum absolute atomic E-state index is 4.17. The van der Waals surface area contributed by atoms with Crippen LogP contribution in [0.15, 0.2) is 30.5 Å². The zero-order valence-electron chi connectivity index (χ0n) is 11.3. The van der Waals surface area contributed by atoms with Crippen LogP contribution in [0, 0.1) is 0 Å². The van der Waals surface area contributed by atoms with Crippen molar-refractivity contribution >= 4 is 16.6 Å². The summed E-state index contributed by atoms with van der Waals surface area (Å²) in [4.78, 5) is 2.50. The molecule has 1 aliphatic rings. The average molecular weight is 256 g/mol. The van der Waals surface area contributed by atoms with Gasteiger partial charge in [-0.05, 0) is 32.0 Å². The lowest BCUT2D eigenvalue weighted by Crippen LogP contribution is -2.41. The van der Waals surface area contributed by atoms with E-state index in [2.05, 4.69) is 39.5 Å². The van der Waals surface area contributed by atoms with Crippen LogP contribution in [0.4, 0.5) is 5.69 Å². The van der Waals surface area contributed by atoms with Gasteiger partial charge in [0.1, 0.15) is 0 Å². The summed E-state index contributed by atoms with van der Waals surface area (Å²) in [5, 5.41) is 13.1. The first-order chi connectivity index (χ1) is 9.36. The molecule has 1 N–H and O–H groups in total. The van der Waals surface area contributed by atoms with Gasteiger partial charge in [-0.1, -0.05) is 25.1 Å². The van der Waals surface area contributed by atoms with E-state index in [-0.39, 0.29) is 0 Å². The predicted molar refractivity (Wildman–Crippen MR) is 78.3 cm³/mol.